The number of ketones is 1. The van der Waals surface area contributed by atoms with Crippen LogP contribution in [0.5, 0.6) is 0 Å². The summed E-state index contributed by atoms with van der Waals surface area (Å²) in [5.74, 6) is -0.358. The highest BCUT2D eigenvalue weighted by molar-refractivity contribution is 7.85. The van der Waals surface area contributed by atoms with Crippen molar-refractivity contribution >= 4 is 41.6 Å². The van der Waals surface area contributed by atoms with Gasteiger partial charge in [-0.15, -0.1) is 12.6 Å². The van der Waals surface area contributed by atoms with E-state index in [1.807, 2.05) is 0 Å². The number of rotatable bonds is 1. The van der Waals surface area contributed by atoms with E-state index in [1.54, 1.807) is 18.2 Å². The second kappa shape index (κ2) is 4.92. The van der Waals surface area contributed by atoms with Crippen molar-refractivity contribution in [3.05, 3.63) is 44.5 Å². The quantitative estimate of drug-likeness (QED) is 0.762. The zero-order chi connectivity index (χ0) is 12.6. The number of hydrogen-bond donors (Lipinski definition) is 2. The van der Waals surface area contributed by atoms with Crippen LogP contribution in [0.3, 0.4) is 0 Å². The average molecular weight is 289 g/mol. The summed E-state index contributed by atoms with van der Waals surface area (Å²) < 4.78 is 0. The Morgan fingerprint density at radius 1 is 1.24 bits per heavy atom. The van der Waals surface area contributed by atoms with Crippen molar-refractivity contribution in [2.24, 2.45) is 0 Å². The first-order valence-electron chi connectivity index (χ1n) is 5.09. The van der Waals surface area contributed by atoms with Gasteiger partial charge in [0.05, 0.1) is 4.91 Å². The Morgan fingerprint density at radius 2 is 1.82 bits per heavy atom. The number of carbonyl (C=O) groups is 1. The van der Waals surface area contributed by atoms with Crippen LogP contribution in [0.4, 0.5) is 0 Å². The maximum atomic E-state index is 11.6. The average Bonchev–Trinajstić information content (AvgIpc) is 2.25. The molecule has 1 unspecified atom stereocenters. The molecular weight excluding hydrogens is 279 g/mol. The van der Waals surface area contributed by atoms with E-state index >= 15 is 0 Å². The number of aliphatic hydroxyl groups is 1. The molecule has 0 aliphatic heterocycles. The molecule has 0 saturated heterocycles. The maximum absolute atomic E-state index is 11.6. The summed E-state index contributed by atoms with van der Waals surface area (Å²) in [6.45, 7) is 0. The Labute approximate surface area is 115 Å². The molecule has 1 N–H and O–H groups in total. The molecule has 1 aromatic carbocycles. The van der Waals surface area contributed by atoms with Crippen LogP contribution < -0.4 is 0 Å². The van der Waals surface area contributed by atoms with E-state index in [-0.39, 0.29) is 28.8 Å². The van der Waals surface area contributed by atoms with E-state index < -0.39 is 0 Å². The van der Waals surface area contributed by atoms with Crippen molar-refractivity contribution in [3.63, 3.8) is 0 Å². The van der Waals surface area contributed by atoms with Gasteiger partial charge in [0.1, 0.15) is 5.76 Å². The molecule has 0 heterocycles. The molecule has 5 heteroatoms. The number of thiol groups is 1. The molecule has 2 nitrogen and oxygen atoms in total. The Morgan fingerprint density at radius 3 is 2.35 bits per heavy atom. The molecule has 0 spiro atoms. The summed E-state index contributed by atoms with van der Waals surface area (Å²) >= 11 is 16.1. The molecule has 1 aliphatic carbocycles. The van der Waals surface area contributed by atoms with Gasteiger partial charge < -0.3 is 5.11 Å². The minimum absolute atomic E-state index is 0.00516. The first-order chi connectivity index (χ1) is 8.00. The Kier molecular flexibility index (Phi) is 3.71. The molecular formula is C12H10Cl2O2S. The number of carbonyl (C=O) groups excluding carboxylic acids is 1. The van der Waals surface area contributed by atoms with Gasteiger partial charge in [0.25, 0.3) is 0 Å². The smallest absolute Gasteiger partial charge is 0.172 e. The Bertz CT molecular complexity index is 491. The third-order valence-corrected chi connectivity index (χ3v) is 3.98. The fraction of sp³-hybridized carbons (Fsp3) is 0.250. The van der Waals surface area contributed by atoms with Gasteiger partial charge in [-0.3, -0.25) is 4.79 Å². The number of hydrogen-bond acceptors (Lipinski definition) is 3. The van der Waals surface area contributed by atoms with Gasteiger partial charge in [0, 0.05) is 28.8 Å². The first kappa shape index (κ1) is 12.8. The topological polar surface area (TPSA) is 37.3 Å². The van der Waals surface area contributed by atoms with Crippen molar-refractivity contribution in [2.75, 3.05) is 0 Å². The summed E-state index contributed by atoms with van der Waals surface area (Å²) in [6.07, 6.45) is 0.611. The SMILES string of the molecule is O=C1CC(c2c(Cl)cccc2Cl)CC(O)=C1S. The van der Waals surface area contributed by atoms with Gasteiger partial charge >= 0.3 is 0 Å². The summed E-state index contributed by atoms with van der Waals surface area (Å²) in [7, 11) is 0. The molecule has 0 radical (unpaired) electrons. The van der Waals surface area contributed by atoms with Crippen LogP contribution in [0.1, 0.15) is 24.3 Å². The van der Waals surface area contributed by atoms with Gasteiger partial charge in [-0.25, -0.2) is 0 Å². The molecule has 2 rings (SSSR count). The predicted octanol–water partition coefficient (Wildman–Crippen LogP) is 4.14. The van der Waals surface area contributed by atoms with Crippen molar-refractivity contribution in [1.82, 2.24) is 0 Å². The predicted molar refractivity (Wildman–Crippen MR) is 72.1 cm³/mol. The zero-order valence-corrected chi connectivity index (χ0v) is 11.2. The second-order valence-corrected chi connectivity index (χ2v) is 5.22. The molecule has 0 bridgehead atoms. The van der Waals surface area contributed by atoms with Gasteiger partial charge in [0.2, 0.25) is 0 Å². The van der Waals surface area contributed by atoms with E-state index in [0.717, 1.165) is 5.56 Å². The monoisotopic (exact) mass is 288 g/mol. The number of Topliss-reactive ketones (excluding diaryl/α,β-unsaturated/α-hetero) is 1. The van der Waals surface area contributed by atoms with E-state index in [9.17, 15) is 9.90 Å². The van der Waals surface area contributed by atoms with Crippen molar-refractivity contribution in [2.45, 2.75) is 18.8 Å². The lowest BCUT2D eigenvalue weighted by Crippen LogP contribution is -2.16. The number of allylic oxidation sites excluding steroid dienone is 2. The fourth-order valence-electron chi connectivity index (χ4n) is 1.99. The summed E-state index contributed by atoms with van der Waals surface area (Å²) in [5.41, 5.74) is 0.719. The largest absolute Gasteiger partial charge is 0.511 e. The Hall–Kier alpha value is -0.640. The van der Waals surface area contributed by atoms with Gasteiger partial charge in [-0.05, 0) is 17.7 Å². The summed E-state index contributed by atoms with van der Waals surface area (Å²) in [4.78, 5) is 11.8. The molecule has 0 saturated carbocycles. The highest BCUT2D eigenvalue weighted by atomic mass is 35.5. The lowest BCUT2D eigenvalue weighted by atomic mass is 9.86. The number of halogens is 2. The number of aliphatic hydroxyl groups excluding tert-OH is 1. The van der Waals surface area contributed by atoms with E-state index in [0.29, 0.717) is 16.5 Å². The maximum Gasteiger partial charge on any atom is 0.172 e. The highest BCUT2D eigenvalue weighted by Gasteiger charge is 2.29. The first-order valence-corrected chi connectivity index (χ1v) is 6.29. The van der Waals surface area contributed by atoms with Crippen LogP contribution in [0.25, 0.3) is 0 Å². The lowest BCUT2D eigenvalue weighted by molar-refractivity contribution is -0.115. The number of benzene rings is 1. The summed E-state index contributed by atoms with van der Waals surface area (Å²) in [6, 6.07) is 5.20. The molecule has 90 valence electrons. The van der Waals surface area contributed by atoms with Crippen molar-refractivity contribution in [1.29, 1.82) is 0 Å². The van der Waals surface area contributed by atoms with Crippen LogP contribution in [0.2, 0.25) is 10.0 Å². The standard InChI is InChI=1S/C12H10Cl2O2S/c13-7-2-1-3-8(14)11(7)6-4-9(15)12(17)10(16)5-6/h1-3,6,15,17H,4-5H2. The molecule has 17 heavy (non-hydrogen) atoms. The minimum atomic E-state index is -0.182. The van der Waals surface area contributed by atoms with E-state index in [4.69, 9.17) is 23.2 Å². The van der Waals surface area contributed by atoms with E-state index in [1.165, 1.54) is 0 Å². The molecule has 0 fully saturated rings. The van der Waals surface area contributed by atoms with Crippen LogP contribution in [0, 0.1) is 0 Å². The van der Waals surface area contributed by atoms with E-state index in [2.05, 4.69) is 12.6 Å². The lowest BCUT2D eigenvalue weighted by Gasteiger charge is -2.23. The van der Waals surface area contributed by atoms with Gasteiger partial charge in [-0.2, -0.15) is 0 Å². The summed E-state index contributed by atoms with van der Waals surface area (Å²) in [5, 5.41) is 10.7. The third-order valence-electron chi connectivity index (χ3n) is 2.82. The van der Waals surface area contributed by atoms with Gasteiger partial charge in [-0.1, -0.05) is 29.3 Å². The Balaban J connectivity index is 2.41. The van der Waals surface area contributed by atoms with Crippen LogP contribution >= 0.6 is 35.8 Å². The van der Waals surface area contributed by atoms with Crippen molar-refractivity contribution in [3.8, 4) is 0 Å². The van der Waals surface area contributed by atoms with Crippen LogP contribution in [0.15, 0.2) is 28.9 Å². The van der Waals surface area contributed by atoms with Crippen LogP contribution in [-0.2, 0) is 4.79 Å². The molecule has 1 aromatic rings. The normalized spacial score (nSPS) is 20.9. The zero-order valence-electron chi connectivity index (χ0n) is 8.78. The fourth-order valence-corrected chi connectivity index (χ4v) is 2.88. The van der Waals surface area contributed by atoms with Crippen LogP contribution in [-0.4, -0.2) is 10.9 Å². The highest BCUT2D eigenvalue weighted by Crippen LogP contribution is 2.40. The molecule has 0 amide bonds. The minimum Gasteiger partial charge on any atom is -0.511 e. The third kappa shape index (κ3) is 2.46. The van der Waals surface area contributed by atoms with Gasteiger partial charge in [0.15, 0.2) is 5.78 Å². The second-order valence-electron chi connectivity index (χ2n) is 3.96. The van der Waals surface area contributed by atoms with Crippen molar-refractivity contribution < 1.29 is 9.90 Å². The molecule has 1 aliphatic rings. The molecule has 1 atom stereocenters. The molecule has 0 aromatic heterocycles.